The Bertz CT molecular complexity index is 434. The van der Waals surface area contributed by atoms with Crippen molar-refractivity contribution in [1.82, 2.24) is 15.6 Å². The molecule has 0 aliphatic rings. The van der Waals surface area contributed by atoms with Gasteiger partial charge in [0.15, 0.2) is 0 Å². The molecule has 2 N–H and O–H groups in total. The molecular formula is C15H26N4O. The number of nitrogens with one attached hydrogen (secondary N) is 2. The maximum atomic E-state index is 11.3. The Morgan fingerprint density at radius 3 is 2.80 bits per heavy atom. The van der Waals surface area contributed by atoms with Gasteiger partial charge in [0, 0.05) is 39.8 Å². The number of rotatable bonds is 8. The number of anilines is 1. The number of pyridine rings is 1. The van der Waals surface area contributed by atoms with Crippen LogP contribution in [0.3, 0.4) is 0 Å². The zero-order chi connectivity index (χ0) is 15.0. The first-order chi connectivity index (χ1) is 9.58. The van der Waals surface area contributed by atoms with Crippen LogP contribution in [-0.4, -0.2) is 38.1 Å². The minimum Gasteiger partial charge on any atom is -0.359 e. The van der Waals surface area contributed by atoms with Crippen molar-refractivity contribution in [3.05, 3.63) is 23.4 Å². The Morgan fingerprint density at radius 2 is 2.20 bits per heavy atom. The Morgan fingerprint density at radius 1 is 1.45 bits per heavy atom. The molecule has 1 aromatic heterocycles. The minimum absolute atomic E-state index is 0.0508. The van der Waals surface area contributed by atoms with Crippen molar-refractivity contribution in [3.63, 3.8) is 0 Å². The topological polar surface area (TPSA) is 57.3 Å². The fourth-order valence-electron chi connectivity index (χ4n) is 2.03. The summed E-state index contributed by atoms with van der Waals surface area (Å²) in [5.74, 6) is 0.989. The molecule has 0 aliphatic carbocycles. The van der Waals surface area contributed by atoms with E-state index in [0.717, 1.165) is 30.9 Å². The van der Waals surface area contributed by atoms with Crippen molar-refractivity contribution in [2.24, 2.45) is 0 Å². The van der Waals surface area contributed by atoms with Crippen LogP contribution in [0, 0.1) is 6.92 Å². The van der Waals surface area contributed by atoms with Crippen LogP contribution >= 0.6 is 0 Å². The molecule has 20 heavy (non-hydrogen) atoms. The van der Waals surface area contributed by atoms with Crippen molar-refractivity contribution < 1.29 is 4.79 Å². The van der Waals surface area contributed by atoms with Gasteiger partial charge in [0.2, 0.25) is 5.91 Å². The van der Waals surface area contributed by atoms with Gasteiger partial charge in [0.1, 0.15) is 5.82 Å². The molecule has 0 fully saturated rings. The number of amides is 1. The van der Waals surface area contributed by atoms with Gasteiger partial charge in [-0.05, 0) is 37.1 Å². The highest BCUT2D eigenvalue weighted by Crippen LogP contribution is 2.16. The minimum atomic E-state index is 0.0508. The Hall–Kier alpha value is -1.62. The van der Waals surface area contributed by atoms with E-state index in [1.54, 1.807) is 7.05 Å². The monoisotopic (exact) mass is 278 g/mol. The van der Waals surface area contributed by atoms with Crippen LogP contribution in [0.25, 0.3) is 0 Å². The smallest absolute Gasteiger partial charge is 0.221 e. The maximum absolute atomic E-state index is 11.3. The first kappa shape index (κ1) is 16.4. The highest BCUT2D eigenvalue weighted by molar-refractivity contribution is 5.76. The Kier molecular flexibility index (Phi) is 7.01. The zero-order valence-electron chi connectivity index (χ0n) is 13.0. The fraction of sp³-hybridized carbons (Fsp3) is 0.600. The van der Waals surface area contributed by atoms with Crippen molar-refractivity contribution >= 4 is 11.7 Å². The second kappa shape index (κ2) is 8.53. The summed E-state index contributed by atoms with van der Waals surface area (Å²) in [6.45, 7) is 6.75. The summed E-state index contributed by atoms with van der Waals surface area (Å²) < 4.78 is 0. The molecular weight excluding hydrogens is 252 g/mol. The average Bonchev–Trinajstić information content (AvgIpc) is 2.44. The predicted octanol–water partition coefficient (Wildman–Crippen LogP) is 1.46. The zero-order valence-corrected chi connectivity index (χ0v) is 13.0. The third-order valence-electron chi connectivity index (χ3n) is 3.18. The highest BCUT2D eigenvalue weighted by Gasteiger charge is 2.08. The molecule has 0 aliphatic heterocycles. The van der Waals surface area contributed by atoms with E-state index in [9.17, 15) is 4.79 Å². The van der Waals surface area contributed by atoms with Crippen LogP contribution in [0.1, 0.15) is 30.9 Å². The van der Waals surface area contributed by atoms with Gasteiger partial charge >= 0.3 is 0 Å². The van der Waals surface area contributed by atoms with E-state index >= 15 is 0 Å². The number of aryl methyl sites for hydroxylation is 1. The third kappa shape index (κ3) is 5.17. The molecule has 0 aromatic carbocycles. The SMILES string of the molecule is CCCNCc1cnc(N(C)CCC(=O)NC)c(C)c1. The molecule has 0 radical (unpaired) electrons. The predicted molar refractivity (Wildman–Crippen MR) is 82.9 cm³/mol. The first-order valence-electron chi connectivity index (χ1n) is 7.16. The molecule has 1 amide bonds. The van der Waals surface area contributed by atoms with Gasteiger partial charge in [-0.25, -0.2) is 4.98 Å². The maximum Gasteiger partial charge on any atom is 0.221 e. The molecule has 1 rings (SSSR count). The van der Waals surface area contributed by atoms with Crippen LogP contribution in [-0.2, 0) is 11.3 Å². The molecule has 0 unspecified atom stereocenters. The van der Waals surface area contributed by atoms with Crippen LogP contribution in [0.2, 0.25) is 0 Å². The van der Waals surface area contributed by atoms with Gasteiger partial charge in [-0.1, -0.05) is 6.92 Å². The molecule has 5 heteroatoms. The molecule has 1 heterocycles. The van der Waals surface area contributed by atoms with Gasteiger partial charge in [-0.15, -0.1) is 0 Å². The standard InChI is InChI=1S/C15H26N4O/c1-5-7-17-10-13-9-12(2)15(18-11-13)19(4)8-6-14(20)16-3/h9,11,17H,5-8,10H2,1-4H3,(H,16,20). The second-order valence-electron chi connectivity index (χ2n) is 5.01. The summed E-state index contributed by atoms with van der Waals surface area (Å²) in [6, 6.07) is 2.15. The normalized spacial score (nSPS) is 10.4. The number of hydrogen-bond acceptors (Lipinski definition) is 4. The quantitative estimate of drug-likeness (QED) is 0.707. The van der Waals surface area contributed by atoms with Gasteiger partial charge in [-0.3, -0.25) is 4.79 Å². The van der Waals surface area contributed by atoms with Gasteiger partial charge in [0.25, 0.3) is 0 Å². The van der Waals surface area contributed by atoms with Crippen molar-refractivity contribution in [2.45, 2.75) is 33.2 Å². The molecule has 0 saturated carbocycles. The van der Waals surface area contributed by atoms with E-state index < -0.39 is 0 Å². The summed E-state index contributed by atoms with van der Waals surface area (Å²) in [5, 5.41) is 6.00. The number of aromatic nitrogens is 1. The lowest BCUT2D eigenvalue weighted by molar-refractivity contribution is -0.120. The summed E-state index contributed by atoms with van der Waals surface area (Å²) >= 11 is 0. The number of carbonyl (C=O) groups is 1. The van der Waals surface area contributed by atoms with Gasteiger partial charge in [-0.2, -0.15) is 0 Å². The van der Waals surface area contributed by atoms with Crippen molar-refractivity contribution in [1.29, 1.82) is 0 Å². The van der Waals surface area contributed by atoms with Crippen molar-refractivity contribution in [3.8, 4) is 0 Å². The molecule has 1 aromatic rings. The first-order valence-corrected chi connectivity index (χ1v) is 7.16. The molecule has 112 valence electrons. The van der Waals surface area contributed by atoms with Crippen LogP contribution in [0.5, 0.6) is 0 Å². The largest absolute Gasteiger partial charge is 0.359 e. The van der Waals surface area contributed by atoms with Crippen LogP contribution in [0.4, 0.5) is 5.82 Å². The van der Waals surface area contributed by atoms with E-state index in [4.69, 9.17) is 0 Å². The number of hydrogen-bond donors (Lipinski definition) is 2. The molecule has 0 atom stereocenters. The Balaban J connectivity index is 2.60. The summed E-state index contributed by atoms with van der Waals surface area (Å²) in [6.07, 6.45) is 3.52. The molecule has 0 spiro atoms. The summed E-state index contributed by atoms with van der Waals surface area (Å²) in [4.78, 5) is 17.8. The van der Waals surface area contributed by atoms with Crippen molar-refractivity contribution in [2.75, 3.05) is 32.1 Å². The van der Waals surface area contributed by atoms with Crippen LogP contribution in [0.15, 0.2) is 12.3 Å². The second-order valence-corrected chi connectivity index (χ2v) is 5.01. The fourth-order valence-corrected chi connectivity index (χ4v) is 2.03. The third-order valence-corrected chi connectivity index (χ3v) is 3.18. The summed E-state index contributed by atoms with van der Waals surface area (Å²) in [7, 11) is 3.62. The van der Waals surface area contributed by atoms with Gasteiger partial charge < -0.3 is 15.5 Å². The lowest BCUT2D eigenvalue weighted by Gasteiger charge is -2.20. The number of carbonyl (C=O) groups excluding carboxylic acids is 1. The highest BCUT2D eigenvalue weighted by atomic mass is 16.1. The van der Waals surface area contributed by atoms with E-state index in [1.807, 2.05) is 18.1 Å². The van der Waals surface area contributed by atoms with E-state index in [2.05, 4.69) is 35.5 Å². The van der Waals surface area contributed by atoms with E-state index in [-0.39, 0.29) is 5.91 Å². The van der Waals surface area contributed by atoms with E-state index in [0.29, 0.717) is 13.0 Å². The lowest BCUT2D eigenvalue weighted by Crippen LogP contribution is -2.27. The van der Waals surface area contributed by atoms with E-state index in [1.165, 1.54) is 5.56 Å². The average molecular weight is 278 g/mol. The molecule has 0 saturated heterocycles. The lowest BCUT2D eigenvalue weighted by atomic mass is 10.2. The molecule has 5 nitrogen and oxygen atoms in total. The summed E-state index contributed by atoms with van der Waals surface area (Å²) in [5.41, 5.74) is 2.33. The number of nitrogens with zero attached hydrogens (tertiary/aromatic N) is 2. The van der Waals surface area contributed by atoms with Crippen LogP contribution < -0.4 is 15.5 Å². The Labute approximate surface area is 121 Å². The molecule has 0 bridgehead atoms. The van der Waals surface area contributed by atoms with Gasteiger partial charge in [0.05, 0.1) is 0 Å².